The van der Waals surface area contributed by atoms with Crippen molar-refractivity contribution < 1.29 is 14.9 Å². The Morgan fingerprint density at radius 3 is 2.68 bits per heavy atom. The Hall–Kier alpha value is -2.90. The zero-order valence-electron chi connectivity index (χ0n) is 21.4. The number of hydrogen-bond donors (Lipinski definition) is 2. The van der Waals surface area contributed by atoms with Crippen LogP contribution in [0.25, 0.3) is 5.57 Å². The van der Waals surface area contributed by atoms with E-state index in [0.29, 0.717) is 11.6 Å². The van der Waals surface area contributed by atoms with Crippen LogP contribution in [0.3, 0.4) is 0 Å². The lowest BCUT2D eigenvalue weighted by atomic mass is 9.90. The second kappa shape index (κ2) is 10.8. The molecule has 0 aliphatic carbocycles. The Morgan fingerprint density at radius 2 is 1.92 bits per heavy atom. The van der Waals surface area contributed by atoms with E-state index in [4.69, 9.17) is 16.3 Å². The summed E-state index contributed by atoms with van der Waals surface area (Å²) < 4.78 is 6.12. The molecule has 2 aliphatic rings. The number of aliphatic hydroxyl groups excluding tert-OH is 1. The first kappa shape index (κ1) is 25.7. The number of benzene rings is 2. The molecule has 2 aliphatic heterocycles. The van der Waals surface area contributed by atoms with Crippen molar-refractivity contribution in [1.82, 2.24) is 9.88 Å². The number of hydrogen-bond acceptors (Lipinski definition) is 6. The molecule has 1 unspecified atom stereocenters. The van der Waals surface area contributed by atoms with E-state index in [1.807, 2.05) is 48.5 Å². The fraction of sp³-hybridized carbons (Fsp3) is 0.367. The zero-order chi connectivity index (χ0) is 26.0. The van der Waals surface area contributed by atoms with Crippen molar-refractivity contribution in [2.75, 3.05) is 37.7 Å². The Balaban J connectivity index is 1.36. The normalized spacial score (nSPS) is 19.2. The van der Waals surface area contributed by atoms with Gasteiger partial charge in [0.25, 0.3) is 0 Å². The van der Waals surface area contributed by atoms with Crippen LogP contribution in [0.1, 0.15) is 42.7 Å². The van der Waals surface area contributed by atoms with Crippen LogP contribution in [0, 0.1) is 0 Å². The maximum atomic E-state index is 10.6. The molecule has 3 heterocycles. The van der Waals surface area contributed by atoms with Crippen molar-refractivity contribution >= 4 is 22.9 Å². The average Bonchev–Trinajstić information content (AvgIpc) is 3.05. The third kappa shape index (κ3) is 5.68. The number of aliphatic hydroxyl groups is 2. The molecule has 194 valence electrons. The number of rotatable bonds is 6. The second-order valence-corrected chi connectivity index (χ2v) is 10.7. The highest BCUT2D eigenvalue weighted by Crippen LogP contribution is 2.38. The van der Waals surface area contributed by atoms with E-state index in [-0.39, 0.29) is 12.6 Å². The smallest absolute Gasteiger partial charge is 0.131 e. The van der Waals surface area contributed by atoms with Crippen molar-refractivity contribution in [3.8, 4) is 5.75 Å². The molecule has 2 aromatic carbocycles. The zero-order valence-corrected chi connectivity index (χ0v) is 22.2. The maximum absolute atomic E-state index is 10.6. The van der Waals surface area contributed by atoms with Gasteiger partial charge in [-0.1, -0.05) is 29.8 Å². The van der Waals surface area contributed by atoms with Crippen LogP contribution < -0.4 is 9.64 Å². The first-order chi connectivity index (χ1) is 17.8. The molecule has 1 saturated heterocycles. The third-order valence-electron chi connectivity index (χ3n) is 7.25. The van der Waals surface area contributed by atoms with E-state index in [9.17, 15) is 10.2 Å². The van der Waals surface area contributed by atoms with Crippen LogP contribution in [0.5, 0.6) is 5.75 Å². The van der Waals surface area contributed by atoms with E-state index < -0.39 is 5.60 Å². The molecule has 2 N–H and O–H groups in total. The summed E-state index contributed by atoms with van der Waals surface area (Å²) >= 11 is 6.06. The van der Waals surface area contributed by atoms with Crippen LogP contribution in [0.4, 0.5) is 5.69 Å². The van der Waals surface area contributed by atoms with Crippen molar-refractivity contribution in [2.45, 2.75) is 38.5 Å². The highest BCUT2D eigenvalue weighted by Gasteiger charge is 2.27. The molecule has 5 rings (SSSR count). The molecule has 1 aromatic heterocycles. The highest BCUT2D eigenvalue weighted by molar-refractivity contribution is 6.30. The summed E-state index contributed by atoms with van der Waals surface area (Å²) in [7, 11) is 0. The predicted octanol–water partition coefficient (Wildman–Crippen LogP) is 4.86. The van der Waals surface area contributed by atoms with E-state index in [0.717, 1.165) is 72.0 Å². The Kier molecular flexibility index (Phi) is 7.54. The van der Waals surface area contributed by atoms with Gasteiger partial charge in [0.2, 0.25) is 0 Å². The number of nitrogens with zero attached hydrogens (tertiary/aromatic N) is 3. The quantitative estimate of drug-likeness (QED) is 0.485. The van der Waals surface area contributed by atoms with Gasteiger partial charge in [0, 0.05) is 54.2 Å². The molecule has 0 spiro atoms. The topological polar surface area (TPSA) is 69.1 Å². The predicted molar refractivity (Wildman–Crippen MR) is 148 cm³/mol. The van der Waals surface area contributed by atoms with Gasteiger partial charge >= 0.3 is 0 Å². The Bertz CT molecular complexity index is 1270. The fourth-order valence-corrected chi connectivity index (χ4v) is 5.33. The van der Waals surface area contributed by atoms with Gasteiger partial charge < -0.3 is 19.8 Å². The van der Waals surface area contributed by atoms with Gasteiger partial charge in [-0.05, 0) is 73.9 Å². The minimum absolute atomic E-state index is 0.0360. The molecule has 3 aromatic rings. The summed E-state index contributed by atoms with van der Waals surface area (Å²) in [5.41, 5.74) is 5.02. The van der Waals surface area contributed by atoms with Gasteiger partial charge in [0.1, 0.15) is 12.4 Å². The van der Waals surface area contributed by atoms with Crippen molar-refractivity contribution in [2.24, 2.45) is 0 Å². The van der Waals surface area contributed by atoms with Crippen LogP contribution in [0.15, 0.2) is 66.9 Å². The van der Waals surface area contributed by atoms with Gasteiger partial charge in [-0.3, -0.25) is 9.88 Å². The lowest BCUT2D eigenvalue weighted by Crippen LogP contribution is -2.55. The van der Waals surface area contributed by atoms with Gasteiger partial charge in [0.05, 0.1) is 23.9 Å². The van der Waals surface area contributed by atoms with E-state index in [1.54, 1.807) is 20.0 Å². The van der Waals surface area contributed by atoms with Crippen molar-refractivity contribution in [3.63, 3.8) is 0 Å². The third-order valence-corrected chi connectivity index (χ3v) is 7.50. The number of pyridine rings is 1. The maximum Gasteiger partial charge on any atom is 0.131 e. The summed E-state index contributed by atoms with van der Waals surface area (Å²) in [4.78, 5) is 9.26. The van der Waals surface area contributed by atoms with Gasteiger partial charge in [-0.15, -0.1) is 0 Å². The molecular formula is C30H34ClN3O3. The molecule has 0 amide bonds. The standard InChI is InChI=1S/C30H34ClN3O3/c1-30(2,36)21-7-12-29-27(17-21)25(26-5-3-13-32-28(26)20-37-29)6-4-14-33-15-16-34(24(18-33)19-35)23-10-8-22(31)9-11-23/h3,5-13,17,24,35-36H,4,14-16,18-20H2,1-2H3/b25-6+. The highest BCUT2D eigenvalue weighted by atomic mass is 35.5. The Morgan fingerprint density at radius 1 is 1.11 bits per heavy atom. The minimum atomic E-state index is -0.951. The van der Waals surface area contributed by atoms with Gasteiger partial charge in [-0.25, -0.2) is 0 Å². The summed E-state index contributed by atoms with van der Waals surface area (Å²) in [5, 5.41) is 21.5. The van der Waals surface area contributed by atoms with E-state index >= 15 is 0 Å². The fourth-order valence-electron chi connectivity index (χ4n) is 5.20. The number of fused-ring (bicyclic) bond motifs is 2. The lowest BCUT2D eigenvalue weighted by Gasteiger charge is -2.42. The van der Waals surface area contributed by atoms with Crippen LogP contribution in [0.2, 0.25) is 5.02 Å². The molecule has 1 fully saturated rings. The molecule has 0 saturated carbocycles. The van der Waals surface area contributed by atoms with E-state index in [1.165, 1.54) is 0 Å². The first-order valence-electron chi connectivity index (χ1n) is 12.8. The number of halogens is 1. The second-order valence-electron chi connectivity index (χ2n) is 10.3. The molecule has 7 heteroatoms. The van der Waals surface area contributed by atoms with Crippen LogP contribution >= 0.6 is 11.6 Å². The van der Waals surface area contributed by atoms with Gasteiger partial charge in [-0.2, -0.15) is 0 Å². The van der Waals surface area contributed by atoms with Crippen molar-refractivity contribution in [3.05, 3.63) is 94.3 Å². The average molecular weight is 520 g/mol. The summed E-state index contributed by atoms with van der Waals surface area (Å²) in [6.07, 6.45) is 4.91. The summed E-state index contributed by atoms with van der Waals surface area (Å²) in [6.45, 7) is 7.55. The number of piperazine rings is 1. The minimum Gasteiger partial charge on any atom is -0.487 e. The molecule has 6 nitrogen and oxygen atoms in total. The molecule has 1 atom stereocenters. The molecule has 0 bridgehead atoms. The van der Waals surface area contributed by atoms with Crippen LogP contribution in [-0.2, 0) is 12.2 Å². The number of ether oxygens (including phenoxy) is 1. The summed E-state index contributed by atoms with van der Waals surface area (Å²) in [6, 6.07) is 17.8. The summed E-state index contributed by atoms with van der Waals surface area (Å²) in [5.74, 6) is 0.800. The lowest BCUT2D eigenvalue weighted by molar-refractivity contribution is 0.0785. The molecule has 37 heavy (non-hydrogen) atoms. The monoisotopic (exact) mass is 519 g/mol. The molecule has 0 radical (unpaired) electrons. The number of anilines is 1. The molecular weight excluding hydrogens is 486 g/mol. The van der Waals surface area contributed by atoms with Gasteiger partial charge in [0.15, 0.2) is 0 Å². The number of aromatic nitrogens is 1. The SMILES string of the molecule is CC(C)(O)c1ccc2c(c1)/C(=C/CCN1CCN(c3ccc(Cl)cc3)C(CO)C1)c1cccnc1CO2. The van der Waals surface area contributed by atoms with Crippen molar-refractivity contribution in [1.29, 1.82) is 0 Å². The largest absolute Gasteiger partial charge is 0.487 e. The first-order valence-corrected chi connectivity index (χ1v) is 13.2. The van der Waals surface area contributed by atoms with Crippen LogP contribution in [-0.4, -0.2) is 58.9 Å². The van der Waals surface area contributed by atoms with E-state index in [2.05, 4.69) is 26.9 Å². The Labute approximate surface area is 223 Å².